The van der Waals surface area contributed by atoms with Crippen LogP contribution in [0.1, 0.15) is 44.9 Å². The fraction of sp³-hybridized carbons (Fsp3) is 0.867. The Bertz CT molecular complexity index is 356. The summed E-state index contributed by atoms with van der Waals surface area (Å²) in [7, 11) is 0. The monoisotopic (exact) mass is 298 g/mol. The Kier molecular flexibility index (Phi) is 6.29. The van der Waals surface area contributed by atoms with Crippen LogP contribution in [0.2, 0.25) is 0 Å². The lowest BCUT2D eigenvalue weighted by Crippen LogP contribution is -2.47. The molecule has 1 aliphatic heterocycles. The first kappa shape index (κ1) is 16.1. The van der Waals surface area contributed by atoms with E-state index < -0.39 is 11.9 Å². The molecule has 0 aromatic heterocycles. The van der Waals surface area contributed by atoms with E-state index in [0.29, 0.717) is 38.8 Å². The van der Waals surface area contributed by atoms with Gasteiger partial charge in [-0.3, -0.25) is 4.79 Å². The van der Waals surface area contributed by atoms with Crippen molar-refractivity contribution >= 4 is 12.0 Å². The molecule has 1 atom stereocenters. The third-order valence-electron chi connectivity index (χ3n) is 4.31. The minimum atomic E-state index is -0.808. The van der Waals surface area contributed by atoms with Crippen molar-refractivity contribution in [2.45, 2.75) is 51.0 Å². The van der Waals surface area contributed by atoms with Crippen molar-refractivity contribution in [3.05, 3.63) is 0 Å². The van der Waals surface area contributed by atoms with Gasteiger partial charge in [-0.1, -0.05) is 12.8 Å². The molecule has 1 aliphatic carbocycles. The number of likely N-dealkylation sites (tertiary alicyclic amines) is 1. The summed E-state index contributed by atoms with van der Waals surface area (Å²) in [5.74, 6) is -1.23. The predicted molar refractivity (Wildman–Crippen MR) is 78.2 cm³/mol. The van der Waals surface area contributed by atoms with E-state index >= 15 is 0 Å². The lowest BCUT2D eigenvalue weighted by molar-refractivity contribution is -0.143. The van der Waals surface area contributed by atoms with Gasteiger partial charge in [0.15, 0.2) is 0 Å². The molecule has 120 valence electrons. The molecule has 6 nitrogen and oxygen atoms in total. The number of carbonyl (C=O) groups is 2. The van der Waals surface area contributed by atoms with E-state index in [9.17, 15) is 9.59 Å². The summed E-state index contributed by atoms with van der Waals surface area (Å²) >= 11 is 0. The first-order valence-electron chi connectivity index (χ1n) is 8.04. The molecule has 0 radical (unpaired) electrons. The normalized spacial score (nSPS) is 23.2. The number of hydrogen-bond donors (Lipinski definition) is 2. The molecule has 1 heterocycles. The number of urea groups is 1. The number of piperidine rings is 1. The minimum Gasteiger partial charge on any atom is -0.481 e. The summed E-state index contributed by atoms with van der Waals surface area (Å²) in [6, 6.07) is -0.151. The van der Waals surface area contributed by atoms with Crippen molar-refractivity contribution in [2.24, 2.45) is 5.92 Å². The van der Waals surface area contributed by atoms with Crippen molar-refractivity contribution in [3.8, 4) is 0 Å². The predicted octanol–water partition coefficient (Wildman–Crippen LogP) is 1.84. The maximum absolute atomic E-state index is 12.0. The van der Waals surface area contributed by atoms with E-state index in [2.05, 4.69) is 5.32 Å². The molecule has 0 spiro atoms. The zero-order valence-corrected chi connectivity index (χ0v) is 12.6. The van der Waals surface area contributed by atoms with Crippen LogP contribution in [0.15, 0.2) is 0 Å². The van der Waals surface area contributed by atoms with Gasteiger partial charge in [0.2, 0.25) is 0 Å². The highest BCUT2D eigenvalue weighted by atomic mass is 16.5. The zero-order valence-electron chi connectivity index (χ0n) is 12.6. The Morgan fingerprint density at radius 3 is 2.67 bits per heavy atom. The van der Waals surface area contributed by atoms with E-state index in [4.69, 9.17) is 9.84 Å². The van der Waals surface area contributed by atoms with Crippen LogP contribution in [0.5, 0.6) is 0 Å². The summed E-state index contributed by atoms with van der Waals surface area (Å²) < 4.78 is 5.74. The first-order chi connectivity index (χ1) is 10.2. The van der Waals surface area contributed by atoms with Crippen molar-refractivity contribution in [1.82, 2.24) is 10.2 Å². The molecule has 0 bridgehead atoms. The Balaban J connectivity index is 1.57. The summed E-state index contributed by atoms with van der Waals surface area (Å²) in [6.45, 7) is 2.23. The summed E-state index contributed by atoms with van der Waals surface area (Å²) in [5.41, 5.74) is 0. The molecule has 1 unspecified atom stereocenters. The maximum Gasteiger partial charge on any atom is 0.317 e. The Morgan fingerprint density at radius 2 is 1.95 bits per heavy atom. The van der Waals surface area contributed by atoms with Gasteiger partial charge >= 0.3 is 12.0 Å². The molecule has 2 aliphatic rings. The molecule has 0 aromatic rings. The molecule has 6 heteroatoms. The number of ether oxygens (including phenoxy) is 1. The van der Waals surface area contributed by atoms with Gasteiger partial charge in [-0.2, -0.15) is 0 Å². The van der Waals surface area contributed by atoms with Crippen molar-refractivity contribution in [2.75, 3.05) is 26.2 Å². The van der Waals surface area contributed by atoms with Crippen LogP contribution in [0.4, 0.5) is 4.79 Å². The highest BCUT2D eigenvalue weighted by Crippen LogP contribution is 2.20. The average Bonchev–Trinajstić information content (AvgIpc) is 3.00. The second kappa shape index (κ2) is 8.22. The second-order valence-electron chi connectivity index (χ2n) is 5.99. The smallest absolute Gasteiger partial charge is 0.317 e. The van der Waals surface area contributed by atoms with Gasteiger partial charge in [0.05, 0.1) is 12.0 Å². The van der Waals surface area contributed by atoms with Crippen LogP contribution in [0.25, 0.3) is 0 Å². The molecular weight excluding hydrogens is 272 g/mol. The van der Waals surface area contributed by atoms with Gasteiger partial charge < -0.3 is 20.1 Å². The fourth-order valence-corrected chi connectivity index (χ4v) is 3.05. The number of amides is 2. The third-order valence-corrected chi connectivity index (χ3v) is 4.31. The highest BCUT2D eigenvalue weighted by Gasteiger charge is 2.27. The third kappa shape index (κ3) is 5.19. The number of nitrogens with one attached hydrogen (secondary N) is 1. The van der Waals surface area contributed by atoms with Crippen LogP contribution in [-0.4, -0.2) is 54.4 Å². The number of aliphatic carboxylic acids is 1. The largest absolute Gasteiger partial charge is 0.481 e. The van der Waals surface area contributed by atoms with Crippen LogP contribution >= 0.6 is 0 Å². The van der Waals surface area contributed by atoms with Crippen LogP contribution in [0, 0.1) is 5.92 Å². The Morgan fingerprint density at radius 1 is 1.19 bits per heavy atom. The second-order valence-corrected chi connectivity index (χ2v) is 5.99. The number of carbonyl (C=O) groups excluding carboxylic acids is 1. The average molecular weight is 298 g/mol. The molecule has 21 heavy (non-hydrogen) atoms. The maximum atomic E-state index is 12.0. The van der Waals surface area contributed by atoms with E-state index in [0.717, 1.165) is 25.7 Å². The number of carboxylic acids is 1. The number of nitrogens with zero attached hydrogens (tertiary/aromatic N) is 1. The Labute approximate surface area is 125 Å². The van der Waals surface area contributed by atoms with Crippen molar-refractivity contribution in [3.63, 3.8) is 0 Å². The molecule has 2 N–H and O–H groups in total. The summed E-state index contributed by atoms with van der Waals surface area (Å²) in [6.07, 6.45) is 7.50. The molecular formula is C15H26N2O4. The molecule has 1 saturated carbocycles. The number of hydrogen-bond acceptors (Lipinski definition) is 3. The van der Waals surface area contributed by atoms with Gasteiger partial charge in [-0.25, -0.2) is 4.79 Å². The van der Waals surface area contributed by atoms with Gasteiger partial charge in [-0.05, 0) is 32.1 Å². The van der Waals surface area contributed by atoms with E-state index in [-0.39, 0.29) is 6.03 Å². The van der Waals surface area contributed by atoms with Gasteiger partial charge in [0.25, 0.3) is 0 Å². The van der Waals surface area contributed by atoms with Gasteiger partial charge in [-0.15, -0.1) is 0 Å². The fourth-order valence-electron chi connectivity index (χ4n) is 3.05. The van der Waals surface area contributed by atoms with E-state index in [1.165, 1.54) is 12.8 Å². The lowest BCUT2D eigenvalue weighted by atomic mass is 9.99. The first-order valence-corrected chi connectivity index (χ1v) is 8.04. The van der Waals surface area contributed by atoms with Crippen molar-refractivity contribution < 1.29 is 19.4 Å². The molecule has 0 aromatic carbocycles. The van der Waals surface area contributed by atoms with Crippen molar-refractivity contribution in [1.29, 1.82) is 0 Å². The quantitative estimate of drug-likeness (QED) is 0.733. The summed E-state index contributed by atoms with van der Waals surface area (Å²) in [4.78, 5) is 24.6. The zero-order chi connectivity index (χ0) is 15.1. The molecule has 1 saturated heterocycles. The molecule has 2 fully saturated rings. The van der Waals surface area contributed by atoms with Crippen LogP contribution in [0.3, 0.4) is 0 Å². The Hall–Kier alpha value is -1.30. The standard InChI is InChI=1S/C15H26N2O4/c18-14(19)12-5-3-9-17(11-12)15(20)16-8-4-10-21-13-6-1-2-7-13/h12-13H,1-11H2,(H,16,20)(H,18,19). The SMILES string of the molecule is O=C(O)C1CCCN(C(=O)NCCCOC2CCCC2)C1. The molecule has 2 amide bonds. The highest BCUT2D eigenvalue weighted by molar-refractivity contribution is 5.76. The van der Waals surface area contributed by atoms with Gasteiger partial charge in [0, 0.05) is 26.2 Å². The van der Waals surface area contributed by atoms with Gasteiger partial charge in [0.1, 0.15) is 0 Å². The minimum absolute atomic E-state index is 0.151. The summed E-state index contributed by atoms with van der Waals surface area (Å²) in [5, 5.41) is 11.9. The number of carboxylic acid groups (broad SMARTS) is 1. The van der Waals surface area contributed by atoms with E-state index in [1.54, 1.807) is 4.90 Å². The topological polar surface area (TPSA) is 78.9 Å². The lowest BCUT2D eigenvalue weighted by Gasteiger charge is -2.30. The van der Waals surface area contributed by atoms with E-state index in [1.807, 2.05) is 0 Å². The van der Waals surface area contributed by atoms with Crippen LogP contribution < -0.4 is 5.32 Å². The van der Waals surface area contributed by atoms with Crippen LogP contribution in [-0.2, 0) is 9.53 Å². The number of rotatable bonds is 6. The molecule has 2 rings (SSSR count).